The average molecular weight is 1410 g/mol. The summed E-state index contributed by atoms with van der Waals surface area (Å²) in [5, 5.41) is 10.6. The van der Waals surface area contributed by atoms with Gasteiger partial charge in [-0.05, 0) is 25.7 Å². The van der Waals surface area contributed by atoms with Crippen molar-refractivity contribution >= 4 is 39.5 Å². The van der Waals surface area contributed by atoms with Gasteiger partial charge in [0.1, 0.15) is 19.3 Å². The Morgan fingerprint density at radius 2 is 0.417 bits per heavy atom. The van der Waals surface area contributed by atoms with Crippen LogP contribution in [0.15, 0.2) is 0 Å². The van der Waals surface area contributed by atoms with Crippen molar-refractivity contribution in [1.82, 2.24) is 0 Å². The predicted molar refractivity (Wildman–Crippen MR) is 391 cm³/mol. The minimum absolute atomic E-state index is 0.107. The maximum absolute atomic E-state index is 13.1. The summed E-state index contributed by atoms with van der Waals surface area (Å²) in [6, 6.07) is 0. The Kier molecular flexibility index (Phi) is 70.0. The molecule has 0 aliphatic carbocycles. The van der Waals surface area contributed by atoms with Gasteiger partial charge < -0.3 is 33.8 Å². The molecular weight excluding hydrogens is 1260 g/mol. The van der Waals surface area contributed by atoms with Gasteiger partial charge in [-0.1, -0.05) is 362 Å². The van der Waals surface area contributed by atoms with Gasteiger partial charge in [0.2, 0.25) is 0 Å². The minimum Gasteiger partial charge on any atom is -0.462 e. The molecule has 0 rings (SSSR count). The summed E-state index contributed by atoms with van der Waals surface area (Å²) >= 11 is 0. The van der Waals surface area contributed by atoms with Crippen LogP contribution in [0.4, 0.5) is 0 Å². The topological polar surface area (TPSA) is 237 Å². The molecule has 0 saturated carbocycles. The molecule has 0 fully saturated rings. The Labute approximate surface area is 588 Å². The second-order valence-electron chi connectivity index (χ2n) is 27.7. The van der Waals surface area contributed by atoms with Crippen molar-refractivity contribution in [3.63, 3.8) is 0 Å². The van der Waals surface area contributed by atoms with Crippen LogP contribution in [0.1, 0.15) is 413 Å². The molecule has 0 aliphatic heterocycles. The minimum atomic E-state index is -4.96. The number of esters is 4. The lowest BCUT2D eigenvalue weighted by Gasteiger charge is -2.21. The molecule has 0 spiro atoms. The quantitative estimate of drug-likeness (QED) is 0.0222. The van der Waals surface area contributed by atoms with Crippen LogP contribution in [0, 0.1) is 0 Å². The van der Waals surface area contributed by atoms with Crippen LogP contribution in [0.25, 0.3) is 0 Å². The number of phosphoric ester groups is 2. The van der Waals surface area contributed by atoms with Gasteiger partial charge in [-0.2, -0.15) is 0 Å². The van der Waals surface area contributed by atoms with Crippen LogP contribution < -0.4 is 0 Å². The summed E-state index contributed by atoms with van der Waals surface area (Å²) in [6.45, 7) is 4.91. The summed E-state index contributed by atoms with van der Waals surface area (Å²) in [7, 11) is -9.90. The zero-order chi connectivity index (χ0) is 70.4. The van der Waals surface area contributed by atoms with Crippen LogP contribution in [-0.4, -0.2) is 96.7 Å². The molecule has 570 valence electrons. The lowest BCUT2D eigenvalue weighted by molar-refractivity contribution is -0.161. The first-order valence-corrected chi connectivity index (χ1v) is 43.3. The van der Waals surface area contributed by atoms with Gasteiger partial charge >= 0.3 is 39.5 Å². The van der Waals surface area contributed by atoms with Crippen molar-refractivity contribution in [2.75, 3.05) is 39.6 Å². The Balaban J connectivity index is 5.12. The third-order valence-electron chi connectivity index (χ3n) is 18.1. The van der Waals surface area contributed by atoms with Crippen molar-refractivity contribution in [2.45, 2.75) is 431 Å². The van der Waals surface area contributed by atoms with E-state index in [2.05, 4.69) is 27.7 Å². The maximum Gasteiger partial charge on any atom is 0.472 e. The molecule has 0 aromatic heterocycles. The Hall–Kier alpha value is -1.94. The van der Waals surface area contributed by atoms with Gasteiger partial charge in [0.25, 0.3) is 0 Å². The second kappa shape index (κ2) is 71.5. The highest BCUT2D eigenvalue weighted by molar-refractivity contribution is 7.47. The first kappa shape index (κ1) is 94.1. The van der Waals surface area contributed by atoms with E-state index in [9.17, 15) is 43.2 Å². The third-order valence-corrected chi connectivity index (χ3v) is 20.0. The predicted octanol–water partition coefficient (Wildman–Crippen LogP) is 23.0. The highest BCUT2D eigenvalue weighted by atomic mass is 31.2. The van der Waals surface area contributed by atoms with E-state index in [4.69, 9.17) is 37.0 Å². The lowest BCUT2D eigenvalue weighted by atomic mass is 10.0. The molecule has 0 bridgehead atoms. The van der Waals surface area contributed by atoms with E-state index in [1.165, 1.54) is 238 Å². The van der Waals surface area contributed by atoms with Crippen molar-refractivity contribution < 1.29 is 80.2 Å². The number of carbonyl (C=O) groups excluding carboxylic acids is 4. The smallest absolute Gasteiger partial charge is 0.462 e. The fourth-order valence-corrected chi connectivity index (χ4v) is 13.5. The molecule has 0 aromatic rings. The highest BCUT2D eigenvalue weighted by Gasteiger charge is 2.30. The van der Waals surface area contributed by atoms with Crippen LogP contribution in [0.3, 0.4) is 0 Å². The molecule has 19 heteroatoms. The molecule has 0 saturated heterocycles. The van der Waals surface area contributed by atoms with Gasteiger partial charge in [-0.25, -0.2) is 9.13 Å². The molecule has 96 heavy (non-hydrogen) atoms. The van der Waals surface area contributed by atoms with Gasteiger partial charge in [-0.3, -0.25) is 37.3 Å². The third kappa shape index (κ3) is 70.5. The fourth-order valence-electron chi connectivity index (χ4n) is 11.9. The van der Waals surface area contributed by atoms with Gasteiger partial charge in [-0.15, -0.1) is 0 Å². The van der Waals surface area contributed by atoms with Crippen molar-refractivity contribution in [2.24, 2.45) is 0 Å². The van der Waals surface area contributed by atoms with Crippen LogP contribution >= 0.6 is 15.6 Å². The molecule has 0 radical (unpaired) electrons. The molecule has 5 atom stereocenters. The van der Waals surface area contributed by atoms with Crippen molar-refractivity contribution in [1.29, 1.82) is 0 Å². The number of ether oxygens (including phenoxy) is 4. The number of hydrogen-bond donors (Lipinski definition) is 3. The summed E-state index contributed by atoms with van der Waals surface area (Å²) in [5.74, 6) is -2.12. The van der Waals surface area contributed by atoms with E-state index in [0.717, 1.165) is 96.3 Å². The summed E-state index contributed by atoms with van der Waals surface area (Å²) in [4.78, 5) is 72.5. The number of aliphatic hydroxyl groups excluding tert-OH is 1. The molecule has 0 amide bonds. The maximum atomic E-state index is 13.1. The average Bonchev–Trinajstić information content (AvgIpc) is 1.35. The summed E-state index contributed by atoms with van der Waals surface area (Å²) < 4.78 is 68.3. The van der Waals surface area contributed by atoms with E-state index >= 15 is 0 Å². The van der Waals surface area contributed by atoms with Crippen molar-refractivity contribution in [3.05, 3.63) is 0 Å². The van der Waals surface area contributed by atoms with Crippen LogP contribution in [-0.2, 0) is 65.4 Å². The zero-order valence-corrected chi connectivity index (χ0v) is 64.1. The van der Waals surface area contributed by atoms with Crippen molar-refractivity contribution in [3.8, 4) is 0 Å². The molecule has 3 N–H and O–H groups in total. The second-order valence-corrected chi connectivity index (χ2v) is 30.7. The largest absolute Gasteiger partial charge is 0.472 e. The number of unbranched alkanes of at least 4 members (excludes halogenated alkanes) is 52. The Morgan fingerprint density at radius 3 is 0.615 bits per heavy atom. The first-order valence-electron chi connectivity index (χ1n) is 40.3. The van der Waals surface area contributed by atoms with Crippen LogP contribution in [0.2, 0.25) is 0 Å². The molecule has 0 aliphatic rings. The van der Waals surface area contributed by atoms with Crippen LogP contribution in [0.5, 0.6) is 0 Å². The molecule has 0 aromatic carbocycles. The molecule has 2 unspecified atom stereocenters. The Morgan fingerprint density at radius 1 is 0.250 bits per heavy atom. The number of carbonyl (C=O) groups is 4. The van der Waals surface area contributed by atoms with Gasteiger partial charge in [0, 0.05) is 25.7 Å². The van der Waals surface area contributed by atoms with E-state index in [0.29, 0.717) is 25.7 Å². The molecule has 0 heterocycles. The van der Waals surface area contributed by atoms with E-state index < -0.39 is 97.5 Å². The van der Waals surface area contributed by atoms with E-state index in [1.54, 1.807) is 0 Å². The van der Waals surface area contributed by atoms with E-state index in [-0.39, 0.29) is 25.7 Å². The highest BCUT2D eigenvalue weighted by Crippen LogP contribution is 2.45. The number of phosphoric acid groups is 2. The van der Waals surface area contributed by atoms with E-state index in [1.807, 2.05) is 0 Å². The summed E-state index contributed by atoms with van der Waals surface area (Å²) in [5.41, 5.74) is 0. The lowest BCUT2D eigenvalue weighted by Crippen LogP contribution is -2.30. The zero-order valence-electron chi connectivity index (χ0n) is 62.4. The summed E-state index contributed by atoms with van der Waals surface area (Å²) in [6.07, 6.45) is 62.9. The normalized spacial score (nSPS) is 13.9. The first-order chi connectivity index (χ1) is 46.7. The van der Waals surface area contributed by atoms with Gasteiger partial charge in [0.05, 0.1) is 26.4 Å². The molecule has 17 nitrogen and oxygen atoms in total. The standard InChI is InChI=1S/C77H150O17P2/c1-5-9-13-17-20-23-26-29-31-33-34-35-36-38-40-43-46-49-52-56-60-64-77(82)94-73(68-88-75(80)62-58-54-50-47-44-42-39-37-32-30-27-24-21-18-14-10-6-2)70-92-96(85,86)90-66-71(78)65-89-95(83,84)91-69-72(67-87-74(79)61-57-53-16-12-8-4)93-76(81)63-59-55-51-48-45-41-28-25-22-19-15-11-7-3/h71-73,78H,5-70H2,1-4H3,(H,83,84)(H,85,86)/t71-,72+,73+/m0/s1. The number of rotatable bonds is 78. The monoisotopic (exact) mass is 1410 g/mol. The number of aliphatic hydroxyl groups is 1. The Bertz CT molecular complexity index is 1830. The molecular formula is C77H150O17P2. The number of hydrogen-bond acceptors (Lipinski definition) is 15. The SMILES string of the molecule is CCCCCCCCCCCCCCCCCCCCCCCC(=O)O[C@H](COC(=O)CCCCCCCCCCCCCCCCCCC)COP(=O)(O)OC[C@@H](O)COP(=O)(O)OC[C@@H](COC(=O)CCCCCCC)OC(=O)CCCCCCCCCCCCCCC. The van der Waals surface area contributed by atoms with Gasteiger partial charge in [0.15, 0.2) is 12.2 Å². The fraction of sp³-hybridized carbons (Fsp3) is 0.948.